The van der Waals surface area contributed by atoms with E-state index in [1.807, 2.05) is 13.0 Å². The molecule has 3 rings (SSSR count). The first-order valence-corrected chi connectivity index (χ1v) is 11.2. The Hall–Kier alpha value is -2.18. The van der Waals surface area contributed by atoms with Gasteiger partial charge < -0.3 is 5.32 Å². The number of hydrogen-bond donors (Lipinski definition) is 1. The number of nitrogens with one attached hydrogen (secondary N) is 1. The third-order valence-corrected chi connectivity index (χ3v) is 7.40. The average Bonchev–Trinajstić information content (AvgIpc) is 2.70. The average molecular weight is 401 g/mol. The van der Waals surface area contributed by atoms with Crippen molar-refractivity contribution in [1.82, 2.24) is 9.62 Å². The summed E-state index contributed by atoms with van der Waals surface area (Å²) in [6, 6.07) is 14.5. The predicted octanol–water partition coefficient (Wildman–Crippen LogP) is 3.58. The summed E-state index contributed by atoms with van der Waals surface area (Å²) in [6.07, 6.45) is 1.38. The Morgan fingerprint density at radius 3 is 2.50 bits per heavy atom. The largest absolute Gasteiger partial charge is 0.349 e. The molecule has 2 aromatic carbocycles. The van der Waals surface area contributed by atoms with E-state index in [0.29, 0.717) is 19.4 Å². The van der Waals surface area contributed by atoms with Gasteiger partial charge in [-0.25, -0.2) is 8.42 Å². The van der Waals surface area contributed by atoms with Crippen LogP contribution in [0.1, 0.15) is 42.5 Å². The van der Waals surface area contributed by atoms with Crippen molar-refractivity contribution in [2.24, 2.45) is 5.92 Å². The van der Waals surface area contributed by atoms with E-state index >= 15 is 0 Å². The van der Waals surface area contributed by atoms with Gasteiger partial charge in [0.25, 0.3) is 0 Å². The van der Waals surface area contributed by atoms with Crippen LogP contribution in [-0.2, 0) is 14.8 Å². The molecule has 1 fully saturated rings. The van der Waals surface area contributed by atoms with Crippen molar-refractivity contribution in [2.45, 2.75) is 44.6 Å². The number of hydrogen-bond acceptors (Lipinski definition) is 3. The van der Waals surface area contributed by atoms with Gasteiger partial charge in [-0.3, -0.25) is 4.79 Å². The van der Waals surface area contributed by atoms with E-state index in [4.69, 9.17) is 0 Å². The number of nitrogens with zero attached hydrogens (tertiary/aromatic N) is 1. The van der Waals surface area contributed by atoms with Crippen LogP contribution in [0.2, 0.25) is 0 Å². The second-order valence-electron chi connectivity index (χ2n) is 7.59. The second kappa shape index (κ2) is 8.45. The number of aryl methyl sites for hydroxylation is 2. The zero-order chi connectivity index (χ0) is 20.3. The van der Waals surface area contributed by atoms with Crippen LogP contribution in [0.25, 0.3) is 0 Å². The van der Waals surface area contributed by atoms with Crippen LogP contribution in [0.5, 0.6) is 0 Å². The van der Waals surface area contributed by atoms with Crippen LogP contribution in [0, 0.1) is 19.8 Å². The fourth-order valence-electron chi connectivity index (χ4n) is 3.56. The molecule has 1 heterocycles. The molecular weight excluding hydrogens is 372 g/mol. The summed E-state index contributed by atoms with van der Waals surface area (Å²) >= 11 is 0. The summed E-state index contributed by atoms with van der Waals surface area (Å²) in [5, 5.41) is 3.06. The molecule has 0 aromatic heterocycles. The van der Waals surface area contributed by atoms with Crippen LogP contribution >= 0.6 is 0 Å². The van der Waals surface area contributed by atoms with Crippen LogP contribution in [-0.4, -0.2) is 31.7 Å². The van der Waals surface area contributed by atoms with Crippen LogP contribution in [0.3, 0.4) is 0 Å². The van der Waals surface area contributed by atoms with E-state index < -0.39 is 10.0 Å². The van der Waals surface area contributed by atoms with Crippen LogP contribution in [0.15, 0.2) is 53.4 Å². The molecule has 1 saturated heterocycles. The van der Waals surface area contributed by atoms with E-state index in [2.05, 4.69) is 31.3 Å². The maximum Gasteiger partial charge on any atom is 0.243 e. The Bertz CT molecular complexity index is 942. The molecule has 150 valence electrons. The molecule has 5 nitrogen and oxygen atoms in total. The van der Waals surface area contributed by atoms with E-state index in [0.717, 1.165) is 5.56 Å². The Labute approximate surface area is 167 Å². The minimum Gasteiger partial charge on any atom is -0.349 e. The Morgan fingerprint density at radius 1 is 1.11 bits per heavy atom. The summed E-state index contributed by atoms with van der Waals surface area (Å²) in [5.74, 6) is -0.417. The van der Waals surface area contributed by atoms with Gasteiger partial charge in [-0.2, -0.15) is 4.31 Å². The molecule has 0 bridgehead atoms. The predicted molar refractivity (Wildman–Crippen MR) is 110 cm³/mol. The third-order valence-electron chi connectivity index (χ3n) is 5.53. The van der Waals surface area contributed by atoms with Gasteiger partial charge in [0.15, 0.2) is 0 Å². The van der Waals surface area contributed by atoms with Crippen molar-refractivity contribution in [3.05, 3.63) is 65.2 Å². The number of sulfonamides is 1. The quantitative estimate of drug-likeness (QED) is 0.834. The molecule has 0 unspecified atom stereocenters. The first-order valence-electron chi connectivity index (χ1n) is 9.72. The number of carbonyl (C=O) groups excluding carboxylic acids is 1. The number of rotatable bonds is 5. The Morgan fingerprint density at radius 2 is 1.82 bits per heavy atom. The molecule has 28 heavy (non-hydrogen) atoms. The summed E-state index contributed by atoms with van der Waals surface area (Å²) in [4.78, 5) is 13.1. The molecule has 1 aliphatic heterocycles. The van der Waals surface area contributed by atoms with Gasteiger partial charge in [-0.15, -0.1) is 0 Å². The summed E-state index contributed by atoms with van der Waals surface area (Å²) in [5.41, 5.74) is 3.47. The van der Waals surface area contributed by atoms with Crippen molar-refractivity contribution in [3.63, 3.8) is 0 Å². The van der Waals surface area contributed by atoms with Gasteiger partial charge in [0, 0.05) is 13.1 Å². The van der Waals surface area contributed by atoms with Gasteiger partial charge in [0.05, 0.1) is 16.9 Å². The minimum absolute atomic E-state index is 0.0845. The third kappa shape index (κ3) is 4.45. The smallest absolute Gasteiger partial charge is 0.243 e. The molecule has 0 aliphatic carbocycles. The van der Waals surface area contributed by atoms with E-state index in [1.54, 1.807) is 30.3 Å². The van der Waals surface area contributed by atoms with Crippen molar-refractivity contribution >= 4 is 15.9 Å². The van der Waals surface area contributed by atoms with E-state index in [1.165, 1.54) is 15.4 Å². The van der Waals surface area contributed by atoms with Crippen LogP contribution in [0.4, 0.5) is 0 Å². The molecule has 0 radical (unpaired) electrons. The molecule has 0 saturated carbocycles. The topological polar surface area (TPSA) is 66.5 Å². The zero-order valence-corrected chi connectivity index (χ0v) is 17.5. The maximum atomic E-state index is 12.9. The Balaban J connectivity index is 1.68. The fraction of sp³-hybridized carbons (Fsp3) is 0.409. The lowest BCUT2D eigenvalue weighted by molar-refractivity contribution is -0.126. The number of carbonyl (C=O) groups is 1. The number of benzene rings is 2. The first kappa shape index (κ1) is 20.6. The highest BCUT2D eigenvalue weighted by atomic mass is 32.2. The lowest BCUT2D eigenvalue weighted by Gasteiger charge is -2.32. The standard InChI is InChI=1S/C22H28N2O3S/c1-16-11-12-19(14-17(16)2)18(3)23-22(25)20-8-7-13-24(15-20)28(26,27)21-9-5-4-6-10-21/h4-6,9-12,14,18,20H,7-8,13,15H2,1-3H3,(H,23,25)/t18-,20+/m1/s1. The molecular formula is C22H28N2O3S. The molecule has 1 N–H and O–H groups in total. The van der Waals surface area contributed by atoms with E-state index in [9.17, 15) is 13.2 Å². The maximum absolute atomic E-state index is 12.9. The van der Waals surface area contributed by atoms with Gasteiger partial charge in [-0.05, 0) is 62.4 Å². The highest BCUT2D eigenvalue weighted by molar-refractivity contribution is 7.89. The zero-order valence-electron chi connectivity index (χ0n) is 16.7. The van der Waals surface area contributed by atoms with Crippen molar-refractivity contribution in [2.75, 3.05) is 13.1 Å². The SMILES string of the molecule is Cc1ccc([C@@H](C)NC(=O)[C@H]2CCCN(S(=O)(=O)c3ccccc3)C2)cc1C. The molecule has 1 aliphatic rings. The number of amides is 1. The van der Waals surface area contributed by atoms with Crippen molar-refractivity contribution < 1.29 is 13.2 Å². The first-order chi connectivity index (χ1) is 13.3. The summed E-state index contributed by atoms with van der Waals surface area (Å²) in [7, 11) is -3.57. The number of piperidine rings is 1. The van der Waals surface area contributed by atoms with Crippen LogP contribution < -0.4 is 5.32 Å². The lowest BCUT2D eigenvalue weighted by atomic mass is 9.97. The highest BCUT2D eigenvalue weighted by Crippen LogP contribution is 2.25. The minimum atomic E-state index is -3.57. The lowest BCUT2D eigenvalue weighted by Crippen LogP contribution is -2.45. The molecule has 6 heteroatoms. The molecule has 0 spiro atoms. The Kier molecular flexibility index (Phi) is 6.20. The van der Waals surface area contributed by atoms with Crippen molar-refractivity contribution in [3.8, 4) is 0 Å². The van der Waals surface area contributed by atoms with Gasteiger partial charge in [0.1, 0.15) is 0 Å². The van der Waals surface area contributed by atoms with Gasteiger partial charge >= 0.3 is 0 Å². The van der Waals surface area contributed by atoms with Gasteiger partial charge in [0.2, 0.25) is 15.9 Å². The fourth-order valence-corrected chi connectivity index (χ4v) is 5.11. The van der Waals surface area contributed by atoms with Crippen molar-refractivity contribution in [1.29, 1.82) is 0 Å². The highest BCUT2D eigenvalue weighted by Gasteiger charge is 2.33. The second-order valence-corrected chi connectivity index (χ2v) is 9.53. The molecule has 2 aromatic rings. The van der Waals surface area contributed by atoms with Gasteiger partial charge in [-0.1, -0.05) is 36.4 Å². The molecule has 1 amide bonds. The molecule has 2 atom stereocenters. The normalized spacial score (nSPS) is 19.2. The summed E-state index contributed by atoms with van der Waals surface area (Å²) < 4.78 is 27.2. The summed E-state index contributed by atoms with van der Waals surface area (Å²) in [6.45, 7) is 6.76. The van der Waals surface area contributed by atoms with E-state index in [-0.39, 0.29) is 29.3 Å². The monoisotopic (exact) mass is 400 g/mol.